The van der Waals surface area contributed by atoms with Crippen LogP contribution in [0.1, 0.15) is 45.1 Å². The fourth-order valence-corrected chi connectivity index (χ4v) is 3.42. The zero-order valence-corrected chi connectivity index (χ0v) is 17.1. The number of nitrogens with one attached hydrogen (secondary N) is 2. The highest BCUT2D eigenvalue weighted by atomic mass is 35.5. The average Bonchev–Trinajstić information content (AvgIpc) is 2.60. The Balaban J connectivity index is 0.00000364. The highest BCUT2D eigenvalue weighted by Crippen LogP contribution is 2.21. The minimum Gasteiger partial charge on any atom is -0.508 e. The van der Waals surface area contributed by atoms with E-state index in [4.69, 9.17) is 0 Å². The number of nitrogens with zero attached hydrogens (tertiary/aromatic N) is 1. The molecule has 27 heavy (non-hydrogen) atoms. The van der Waals surface area contributed by atoms with Crippen LogP contribution in [0.15, 0.2) is 24.3 Å². The fourth-order valence-electron chi connectivity index (χ4n) is 3.42. The summed E-state index contributed by atoms with van der Waals surface area (Å²) >= 11 is 0. The number of amides is 2. The van der Waals surface area contributed by atoms with Gasteiger partial charge in [-0.15, -0.1) is 12.4 Å². The summed E-state index contributed by atoms with van der Waals surface area (Å²) in [6.07, 6.45) is 4.50. The number of phenolic OH excluding ortho intramolecular Hbond substituents is 1. The zero-order valence-electron chi connectivity index (χ0n) is 16.2. The fraction of sp³-hybridized carbons (Fsp3) is 0.600. The zero-order chi connectivity index (χ0) is 18.9. The number of aromatic hydroxyl groups is 1. The van der Waals surface area contributed by atoms with Gasteiger partial charge in [-0.3, -0.25) is 14.5 Å². The summed E-state index contributed by atoms with van der Waals surface area (Å²) in [5.74, 6) is 0.160. The van der Waals surface area contributed by atoms with E-state index >= 15 is 0 Å². The van der Waals surface area contributed by atoms with E-state index in [0.29, 0.717) is 38.1 Å². The predicted octanol–water partition coefficient (Wildman–Crippen LogP) is 2.24. The maximum atomic E-state index is 12.1. The first kappa shape index (κ1) is 23.2. The topological polar surface area (TPSA) is 81.7 Å². The quantitative estimate of drug-likeness (QED) is 0.586. The van der Waals surface area contributed by atoms with Gasteiger partial charge in [-0.2, -0.15) is 0 Å². The molecule has 7 heteroatoms. The van der Waals surface area contributed by atoms with Crippen LogP contribution in [0.3, 0.4) is 0 Å². The van der Waals surface area contributed by atoms with Crippen LogP contribution in [0.2, 0.25) is 0 Å². The van der Waals surface area contributed by atoms with Crippen molar-refractivity contribution in [1.82, 2.24) is 15.5 Å². The summed E-state index contributed by atoms with van der Waals surface area (Å²) in [5.41, 5.74) is 1.06. The number of halogens is 1. The first-order valence-corrected chi connectivity index (χ1v) is 9.52. The Bertz CT molecular complexity index is 585. The SMILES string of the molecule is CC1CCCC(C)N1[13CH2]C(=O)NCCC(=O)NCCc1ccc(O)cc1.Cl. The van der Waals surface area contributed by atoms with Crippen LogP contribution in [0, 0.1) is 0 Å². The molecular formula is C20H32ClN3O3. The van der Waals surface area contributed by atoms with E-state index in [9.17, 15) is 14.7 Å². The molecule has 2 amide bonds. The second-order valence-corrected chi connectivity index (χ2v) is 7.17. The normalized spacial score (nSPS) is 19.8. The second kappa shape index (κ2) is 11.8. The van der Waals surface area contributed by atoms with Crippen molar-refractivity contribution in [3.8, 4) is 5.75 Å². The van der Waals surface area contributed by atoms with Crippen LogP contribution in [-0.2, 0) is 16.0 Å². The van der Waals surface area contributed by atoms with Gasteiger partial charge in [0.05, 0.1) is 6.54 Å². The Morgan fingerprint density at radius 2 is 1.63 bits per heavy atom. The van der Waals surface area contributed by atoms with E-state index in [-0.39, 0.29) is 36.4 Å². The largest absolute Gasteiger partial charge is 0.508 e. The molecule has 0 radical (unpaired) electrons. The molecule has 1 aromatic rings. The van der Waals surface area contributed by atoms with Gasteiger partial charge in [0.25, 0.3) is 0 Å². The van der Waals surface area contributed by atoms with E-state index in [1.54, 1.807) is 12.1 Å². The third kappa shape index (κ3) is 8.18. The van der Waals surface area contributed by atoms with E-state index in [0.717, 1.165) is 18.4 Å². The molecule has 2 unspecified atom stereocenters. The van der Waals surface area contributed by atoms with Crippen LogP contribution in [0.25, 0.3) is 0 Å². The van der Waals surface area contributed by atoms with Crippen LogP contribution in [0.4, 0.5) is 0 Å². The van der Waals surface area contributed by atoms with Crippen LogP contribution in [0.5, 0.6) is 5.75 Å². The summed E-state index contributed by atoms with van der Waals surface area (Å²) in [6, 6.07) is 7.82. The van der Waals surface area contributed by atoms with Gasteiger partial charge in [0.1, 0.15) is 5.75 Å². The highest BCUT2D eigenvalue weighted by molar-refractivity contribution is 5.85. The van der Waals surface area contributed by atoms with Crippen molar-refractivity contribution >= 4 is 24.2 Å². The van der Waals surface area contributed by atoms with Crippen molar-refractivity contribution < 1.29 is 14.7 Å². The van der Waals surface area contributed by atoms with Gasteiger partial charge in [-0.25, -0.2) is 0 Å². The van der Waals surface area contributed by atoms with Crippen molar-refractivity contribution in [2.24, 2.45) is 0 Å². The minimum atomic E-state index is -0.0659. The number of likely N-dealkylation sites (tertiary alicyclic amines) is 1. The molecule has 2 rings (SSSR count). The molecule has 0 spiro atoms. The lowest BCUT2D eigenvalue weighted by Gasteiger charge is -2.38. The summed E-state index contributed by atoms with van der Waals surface area (Å²) in [4.78, 5) is 26.2. The summed E-state index contributed by atoms with van der Waals surface area (Å²) in [5, 5.41) is 14.9. The molecule has 0 bridgehead atoms. The maximum absolute atomic E-state index is 12.1. The molecule has 1 aliphatic heterocycles. The lowest BCUT2D eigenvalue weighted by Crippen LogP contribution is -2.49. The van der Waals surface area contributed by atoms with Crippen molar-refractivity contribution in [2.75, 3.05) is 19.6 Å². The van der Waals surface area contributed by atoms with E-state index in [2.05, 4.69) is 29.4 Å². The van der Waals surface area contributed by atoms with Crippen LogP contribution in [-0.4, -0.2) is 53.5 Å². The lowest BCUT2D eigenvalue weighted by atomic mass is 9.99. The van der Waals surface area contributed by atoms with E-state index < -0.39 is 0 Å². The number of phenols is 1. The number of hydrogen-bond donors (Lipinski definition) is 3. The molecule has 1 aliphatic rings. The standard InChI is InChI=1S/C20H31N3O3.ClH/c1-15-4-3-5-16(2)23(15)14-20(26)22-13-11-19(25)21-12-10-17-6-8-18(24)9-7-17;/h6-9,15-16,24H,3-5,10-14H2,1-2H3,(H,21,25)(H,22,26);1H/i14+1;. The number of rotatable bonds is 8. The first-order chi connectivity index (χ1) is 12.5. The average molecular weight is 399 g/mol. The van der Waals surface area contributed by atoms with Gasteiger partial charge in [-0.1, -0.05) is 18.6 Å². The van der Waals surface area contributed by atoms with Crippen molar-refractivity contribution in [3.63, 3.8) is 0 Å². The van der Waals surface area contributed by atoms with Crippen LogP contribution >= 0.6 is 12.4 Å². The monoisotopic (exact) mass is 398 g/mol. The molecule has 0 aromatic heterocycles. The number of benzene rings is 1. The number of piperidine rings is 1. The van der Waals surface area contributed by atoms with Crippen molar-refractivity contribution in [1.29, 1.82) is 0 Å². The van der Waals surface area contributed by atoms with Gasteiger partial charge in [0.2, 0.25) is 11.8 Å². The van der Waals surface area contributed by atoms with Gasteiger partial charge in [0.15, 0.2) is 0 Å². The van der Waals surface area contributed by atoms with E-state index in [1.807, 2.05) is 12.1 Å². The molecule has 1 aromatic carbocycles. The molecule has 152 valence electrons. The lowest BCUT2D eigenvalue weighted by molar-refractivity contribution is -0.124. The Morgan fingerprint density at radius 3 is 2.26 bits per heavy atom. The van der Waals surface area contributed by atoms with Crippen molar-refractivity contribution in [2.45, 2.75) is 58.0 Å². The maximum Gasteiger partial charge on any atom is 0.234 e. The molecule has 0 saturated carbocycles. The summed E-state index contributed by atoms with van der Waals surface area (Å²) < 4.78 is 0. The summed E-state index contributed by atoms with van der Waals surface area (Å²) in [6.45, 7) is 5.65. The Kier molecular flexibility index (Phi) is 10.2. The van der Waals surface area contributed by atoms with Crippen LogP contribution < -0.4 is 10.6 Å². The smallest absolute Gasteiger partial charge is 0.234 e. The molecule has 1 saturated heterocycles. The van der Waals surface area contributed by atoms with Gasteiger partial charge < -0.3 is 15.7 Å². The summed E-state index contributed by atoms with van der Waals surface area (Å²) in [7, 11) is 0. The molecule has 2 atom stereocenters. The Hall–Kier alpha value is -1.79. The Labute approximate surface area is 168 Å². The number of hydrogen-bond acceptors (Lipinski definition) is 4. The number of carbonyl (C=O) groups is 2. The Morgan fingerprint density at radius 1 is 1.04 bits per heavy atom. The van der Waals surface area contributed by atoms with Gasteiger partial charge in [-0.05, 0) is 50.8 Å². The third-order valence-electron chi connectivity index (χ3n) is 5.05. The van der Waals surface area contributed by atoms with E-state index in [1.165, 1.54) is 6.42 Å². The molecule has 3 N–H and O–H groups in total. The molecule has 1 fully saturated rings. The first-order valence-electron chi connectivity index (χ1n) is 9.52. The minimum absolute atomic E-state index is 0. The van der Waals surface area contributed by atoms with Gasteiger partial charge >= 0.3 is 0 Å². The second-order valence-electron chi connectivity index (χ2n) is 7.17. The predicted molar refractivity (Wildman–Crippen MR) is 109 cm³/mol. The molecule has 1 heterocycles. The molecular weight excluding hydrogens is 367 g/mol. The molecule has 6 nitrogen and oxygen atoms in total. The van der Waals surface area contributed by atoms with Crippen molar-refractivity contribution in [3.05, 3.63) is 29.8 Å². The molecule has 0 aliphatic carbocycles. The number of carbonyl (C=O) groups excluding carboxylic acids is 2. The third-order valence-corrected chi connectivity index (χ3v) is 5.05. The van der Waals surface area contributed by atoms with Gasteiger partial charge in [0, 0.05) is 31.6 Å². The highest BCUT2D eigenvalue weighted by Gasteiger charge is 2.26.